The number of fused-ring (bicyclic) bond motifs is 3. The maximum absolute atomic E-state index is 13.8. The van der Waals surface area contributed by atoms with Crippen LogP contribution < -0.4 is 9.64 Å². The normalized spacial score (nSPS) is 19.9. The summed E-state index contributed by atoms with van der Waals surface area (Å²) in [5, 5.41) is 0. The Morgan fingerprint density at radius 1 is 0.871 bits per heavy atom. The lowest BCUT2D eigenvalue weighted by atomic mass is 10.1. The maximum atomic E-state index is 13.8. The third kappa shape index (κ3) is 3.91. The van der Waals surface area contributed by atoms with Gasteiger partial charge in [-0.3, -0.25) is 9.59 Å². The molecule has 0 radical (unpaired) electrons. The van der Waals surface area contributed by atoms with Gasteiger partial charge >= 0.3 is 0 Å². The summed E-state index contributed by atoms with van der Waals surface area (Å²) in [6, 6.07) is 26.7. The molecule has 3 aromatic rings. The molecule has 2 atom stereocenters. The quantitative estimate of drug-likeness (QED) is 0.655. The Labute approximate surface area is 181 Å². The molecule has 0 saturated carbocycles. The molecule has 1 saturated heterocycles. The minimum atomic E-state index is -0.515. The van der Waals surface area contributed by atoms with Gasteiger partial charge in [0.2, 0.25) is 11.8 Å². The Kier molecular flexibility index (Phi) is 5.16. The minimum absolute atomic E-state index is 0.0405. The van der Waals surface area contributed by atoms with E-state index in [9.17, 15) is 9.59 Å². The van der Waals surface area contributed by atoms with E-state index in [0.29, 0.717) is 25.3 Å². The molecule has 0 spiro atoms. The zero-order valence-corrected chi connectivity index (χ0v) is 17.2. The number of likely N-dealkylation sites (tertiary alicyclic amines) is 1. The highest BCUT2D eigenvalue weighted by Crippen LogP contribution is 2.37. The molecule has 0 aliphatic carbocycles. The van der Waals surface area contributed by atoms with Crippen LogP contribution in [0.4, 0.5) is 5.69 Å². The fourth-order valence-electron chi connectivity index (χ4n) is 4.45. The van der Waals surface area contributed by atoms with Crippen LogP contribution in [0.25, 0.3) is 0 Å². The summed E-state index contributed by atoms with van der Waals surface area (Å²) >= 11 is 0. The summed E-state index contributed by atoms with van der Waals surface area (Å²) in [5.74, 6) is 0.595. The highest BCUT2D eigenvalue weighted by Gasteiger charge is 2.44. The second kappa shape index (κ2) is 8.26. The van der Waals surface area contributed by atoms with Crippen molar-refractivity contribution in [2.75, 3.05) is 11.4 Å². The summed E-state index contributed by atoms with van der Waals surface area (Å²) in [5.41, 5.74) is 2.73. The van der Waals surface area contributed by atoms with E-state index < -0.39 is 6.04 Å². The van der Waals surface area contributed by atoms with Crippen LogP contribution in [0.3, 0.4) is 0 Å². The van der Waals surface area contributed by atoms with Gasteiger partial charge in [-0.15, -0.1) is 0 Å². The largest absolute Gasteiger partial charge is 0.486 e. The van der Waals surface area contributed by atoms with Gasteiger partial charge in [-0.2, -0.15) is 0 Å². The lowest BCUT2D eigenvalue weighted by Crippen LogP contribution is -2.48. The molecule has 0 aromatic heterocycles. The number of carbonyl (C=O) groups is 2. The molecule has 156 valence electrons. The number of hydrogen-bond donors (Lipinski definition) is 0. The molecule has 2 aliphatic heterocycles. The van der Waals surface area contributed by atoms with Crippen LogP contribution in [-0.2, 0) is 22.6 Å². The fourth-order valence-corrected chi connectivity index (χ4v) is 4.45. The molecule has 5 nitrogen and oxygen atoms in total. The number of rotatable bonds is 4. The van der Waals surface area contributed by atoms with Crippen molar-refractivity contribution in [3.8, 4) is 5.75 Å². The van der Waals surface area contributed by atoms with Crippen molar-refractivity contribution in [1.82, 2.24) is 4.90 Å². The minimum Gasteiger partial charge on any atom is -0.486 e. The number of anilines is 1. The molecule has 2 amide bonds. The Balaban J connectivity index is 1.47. The van der Waals surface area contributed by atoms with Gasteiger partial charge in [0, 0.05) is 6.42 Å². The molecule has 5 rings (SSSR count). The van der Waals surface area contributed by atoms with Crippen LogP contribution in [0.2, 0.25) is 0 Å². The lowest BCUT2D eigenvalue weighted by molar-refractivity contribution is -0.137. The molecule has 0 unspecified atom stereocenters. The first-order valence-electron chi connectivity index (χ1n) is 10.6. The average molecular weight is 412 g/mol. The van der Waals surface area contributed by atoms with E-state index in [4.69, 9.17) is 4.74 Å². The molecule has 2 bridgehead atoms. The highest BCUT2D eigenvalue weighted by molar-refractivity contribution is 6.01. The third-order valence-corrected chi connectivity index (χ3v) is 5.97. The average Bonchev–Trinajstić information content (AvgIpc) is 3.23. The summed E-state index contributed by atoms with van der Waals surface area (Å²) < 4.78 is 6.29. The molecule has 0 N–H and O–H groups in total. The molecule has 3 aromatic carbocycles. The first kappa shape index (κ1) is 19.4. The highest BCUT2D eigenvalue weighted by atomic mass is 16.5. The first-order chi connectivity index (χ1) is 15.2. The zero-order chi connectivity index (χ0) is 21.2. The summed E-state index contributed by atoms with van der Waals surface area (Å²) in [4.78, 5) is 30.4. The van der Waals surface area contributed by atoms with Crippen LogP contribution in [0.15, 0.2) is 84.9 Å². The smallest absolute Gasteiger partial charge is 0.250 e. The second-order valence-corrected chi connectivity index (χ2v) is 8.08. The summed E-state index contributed by atoms with van der Waals surface area (Å²) in [6.07, 6.45) is 0.607. The van der Waals surface area contributed by atoms with Gasteiger partial charge < -0.3 is 14.5 Å². The fraction of sp³-hybridized carbons (Fsp3) is 0.231. The van der Waals surface area contributed by atoms with Crippen molar-refractivity contribution >= 4 is 17.5 Å². The van der Waals surface area contributed by atoms with Crippen LogP contribution in [-0.4, -0.2) is 35.4 Å². The van der Waals surface area contributed by atoms with E-state index in [1.54, 1.807) is 9.80 Å². The van der Waals surface area contributed by atoms with Crippen LogP contribution in [0.1, 0.15) is 17.5 Å². The van der Waals surface area contributed by atoms with Crippen molar-refractivity contribution in [2.24, 2.45) is 0 Å². The van der Waals surface area contributed by atoms with Crippen molar-refractivity contribution < 1.29 is 14.3 Å². The van der Waals surface area contributed by atoms with Crippen LogP contribution >= 0.6 is 0 Å². The van der Waals surface area contributed by atoms with Gasteiger partial charge in [-0.05, 0) is 23.3 Å². The number of carbonyl (C=O) groups excluding carboxylic acids is 2. The number of benzene rings is 3. The standard InChI is InChI=1S/C26H24N2O3/c29-25(15-19-9-3-1-4-10-19)27-18-21-16-23(27)26(30)28(17-20-11-5-2-6-12-20)22-13-7-8-14-24(22)31-21/h1-14,21,23H,15-18H2/t21-,23-/m0/s1. The van der Waals surface area contributed by atoms with E-state index >= 15 is 0 Å². The first-order valence-corrected chi connectivity index (χ1v) is 10.6. The molecule has 2 aliphatic rings. The molecule has 31 heavy (non-hydrogen) atoms. The summed E-state index contributed by atoms with van der Waals surface area (Å²) in [7, 11) is 0. The lowest BCUT2D eigenvalue weighted by Gasteiger charge is -2.32. The maximum Gasteiger partial charge on any atom is 0.250 e. The van der Waals surface area contributed by atoms with Crippen molar-refractivity contribution in [3.63, 3.8) is 0 Å². The SMILES string of the molecule is O=C1[C@@H]2C[C@@H](CN2C(=O)Cc2ccccc2)Oc2ccccc2N1Cc1ccccc1. The zero-order valence-electron chi connectivity index (χ0n) is 17.2. The van der Waals surface area contributed by atoms with Crippen LogP contribution in [0, 0.1) is 0 Å². The van der Waals surface area contributed by atoms with E-state index in [-0.39, 0.29) is 24.3 Å². The Bertz CT molecular complexity index is 1080. The van der Waals surface area contributed by atoms with E-state index in [0.717, 1.165) is 16.8 Å². The van der Waals surface area contributed by atoms with Crippen molar-refractivity contribution in [2.45, 2.75) is 31.5 Å². The Morgan fingerprint density at radius 3 is 2.26 bits per heavy atom. The van der Waals surface area contributed by atoms with E-state index in [1.807, 2.05) is 84.9 Å². The Hall–Kier alpha value is -3.60. The number of nitrogens with zero attached hydrogens (tertiary/aromatic N) is 2. The topological polar surface area (TPSA) is 49.9 Å². The monoisotopic (exact) mass is 412 g/mol. The van der Waals surface area contributed by atoms with E-state index in [2.05, 4.69) is 0 Å². The third-order valence-electron chi connectivity index (χ3n) is 5.97. The Morgan fingerprint density at radius 2 is 1.52 bits per heavy atom. The van der Waals surface area contributed by atoms with Gasteiger partial charge in [-0.25, -0.2) is 0 Å². The van der Waals surface area contributed by atoms with Gasteiger partial charge in [0.15, 0.2) is 0 Å². The molecule has 5 heteroatoms. The van der Waals surface area contributed by atoms with Crippen LogP contribution in [0.5, 0.6) is 5.75 Å². The van der Waals surface area contributed by atoms with Gasteiger partial charge in [-0.1, -0.05) is 72.8 Å². The predicted molar refractivity (Wildman–Crippen MR) is 119 cm³/mol. The molecular formula is C26H24N2O3. The van der Waals surface area contributed by atoms with E-state index in [1.165, 1.54) is 0 Å². The van der Waals surface area contributed by atoms with Crippen molar-refractivity contribution in [1.29, 1.82) is 0 Å². The van der Waals surface area contributed by atoms with Gasteiger partial charge in [0.25, 0.3) is 0 Å². The molecule has 1 fully saturated rings. The number of hydrogen-bond acceptors (Lipinski definition) is 3. The predicted octanol–water partition coefficient (Wildman–Crippen LogP) is 3.82. The molecule has 2 heterocycles. The summed E-state index contributed by atoms with van der Waals surface area (Å²) in [6.45, 7) is 0.859. The van der Waals surface area contributed by atoms with Gasteiger partial charge in [0.1, 0.15) is 17.9 Å². The van der Waals surface area contributed by atoms with Gasteiger partial charge in [0.05, 0.1) is 25.2 Å². The van der Waals surface area contributed by atoms with Crippen molar-refractivity contribution in [3.05, 3.63) is 96.1 Å². The number of para-hydroxylation sites is 2. The number of amides is 2. The number of ether oxygens (including phenoxy) is 1. The molecular weight excluding hydrogens is 388 g/mol. The second-order valence-electron chi connectivity index (χ2n) is 8.08.